The molecular weight excluding hydrogens is 350 g/mol. The van der Waals surface area contributed by atoms with Gasteiger partial charge in [0.2, 0.25) is 5.91 Å². The van der Waals surface area contributed by atoms with Crippen LogP contribution in [0.25, 0.3) is 0 Å². The van der Waals surface area contributed by atoms with Crippen LogP contribution in [0.3, 0.4) is 0 Å². The van der Waals surface area contributed by atoms with Crippen molar-refractivity contribution in [2.45, 2.75) is 39.3 Å². The molecule has 5 heteroatoms. The van der Waals surface area contributed by atoms with Crippen LogP contribution < -0.4 is 4.90 Å². The molecule has 28 heavy (non-hydrogen) atoms. The van der Waals surface area contributed by atoms with Crippen LogP contribution in [0.1, 0.15) is 34.7 Å². The number of aryl methyl sites for hydroxylation is 3. The van der Waals surface area contributed by atoms with Crippen LogP contribution in [0.5, 0.6) is 0 Å². The summed E-state index contributed by atoms with van der Waals surface area (Å²) in [6, 6.07) is 13.8. The molecule has 0 N–H and O–H groups in total. The van der Waals surface area contributed by atoms with Gasteiger partial charge in [-0.05, 0) is 56.0 Å². The standard InChI is InChI=1S/C23H25N3O2/c1-14-5-8-17(9-6-14)20-19-21(25-12-4-11-24(20)25)23(28)26(22(19)27)18-10-7-15(2)16(3)13-18/h5-10,13,19-21H,4,11-12H2,1-3H3. The van der Waals surface area contributed by atoms with E-state index in [4.69, 9.17) is 0 Å². The van der Waals surface area contributed by atoms with Crippen molar-refractivity contribution in [1.82, 2.24) is 10.0 Å². The van der Waals surface area contributed by atoms with E-state index in [2.05, 4.69) is 41.2 Å². The number of anilines is 1. The number of carbonyl (C=O) groups is 2. The Morgan fingerprint density at radius 3 is 2.14 bits per heavy atom. The van der Waals surface area contributed by atoms with E-state index in [1.807, 2.05) is 32.0 Å². The summed E-state index contributed by atoms with van der Waals surface area (Å²) in [6.07, 6.45) is 1.02. The highest BCUT2D eigenvalue weighted by molar-refractivity contribution is 6.24. The average molecular weight is 375 g/mol. The second kappa shape index (κ2) is 6.26. The normalized spacial score (nSPS) is 27.5. The molecule has 3 fully saturated rings. The van der Waals surface area contributed by atoms with E-state index in [0.717, 1.165) is 36.2 Å². The summed E-state index contributed by atoms with van der Waals surface area (Å²) in [7, 11) is 0. The molecule has 0 aromatic heterocycles. The number of nitrogens with zero attached hydrogens (tertiary/aromatic N) is 3. The van der Waals surface area contributed by atoms with E-state index in [0.29, 0.717) is 5.69 Å². The Labute approximate surface area is 165 Å². The molecular formula is C23H25N3O2. The number of imide groups is 1. The molecule has 5 nitrogen and oxygen atoms in total. The minimum atomic E-state index is -0.386. The maximum Gasteiger partial charge on any atom is 0.253 e. The van der Waals surface area contributed by atoms with Gasteiger partial charge in [-0.15, -0.1) is 0 Å². The summed E-state index contributed by atoms with van der Waals surface area (Å²) in [4.78, 5) is 28.4. The Hall–Kier alpha value is -2.50. The van der Waals surface area contributed by atoms with Gasteiger partial charge < -0.3 is 0 Å². The summed E-state index contributed by atoms with van der Waals surface area (Å²) < 4.78 is 0. The van der Waals surface area contributed by atoms with Crippen LogP contribution in [0.4, 0.5) is 5.69 Å². The van der Waals surface area contributed by atoms with E-state index < -0.39 is 0 Å². The van der Waals surface area contributed by atoms with Gasteiger partial charge in [0, 0.05) is 13.1 Å². The predicted octanol–water partition coefficient (Wildman–Crippen LogP) is 3.15. The third kappa shape index (κ3) is 2.39. The Morgan fingerprint density at radius 2 is 1.46 bits per heavy atom. The molecule has 0 saturated carbocycles. The maximum atomic E-state index is 13.5. The van der Waals surface area contributed by atoms with Crippen molar-refractivity contribution in [1.29, 1.82) is 0 Å². The smallest absolute Gasteiger partial charge is 0.253 e. The third-order valence-corrected chi connectivity index (χ3v) is 6.57. The molecule has 2 aromatic carbocycles. The van der Waals surface area contributed by atoms with Crippen molar-refractivity contribution in [3.05, 3.63) is 64.7 Å². The first-order valence-corrected chi connectivity index (χ1v) is 10.0. The minimum Gasteiger partial charge on any atom is -0.274 e. The predicted molar refractivity (Wildman–Crippen MR) is 108 cm³/mol. The fourth-order valence-electron chi connectivity index (χ4n) is 5.00. The molecule has 0 radical (unpaired) electrons. The van der Waals surface area contributed by atoms with Gasteiger partial charge in [-0.3, -0.25) is 9.59 Å². The van der Waals surface area contributed by atoms with Crippen LogP contribution in [0, 0.1) is 26.7 Å². The Balaban J connectivity index is 1.58. The molecule has 2 aromatic rings. The summed E-state index contributed by atoms with van der Waals surface area (Å²) in [6.45, 7) is 7.85. The molecule has 0 bridgehead atoms. The molecule has 2 amide bonds. The van der Waals surface area contributed by atoms with Gasteiger partial charge >= 0.3 is 0 Å². The highest BCUT2D eigenvalue weighted by atomic mass is 16.2. The maximum absolute atomic E-state index is 13.5. The van der Waals surface area contributed by atoms with Gasteiger partial charge in [0.15, 0.2) is 0 Å². The number of amides is 2. The first kappa shape index (κ1) is 17.6. The number of rotatable bonds is 2. The van der Waals surface area contributed by atoms with Crippen LogP contribution in [-0.4, -0.2) is 41.0 Å². The van der Waals surface area contributed by atoms with E-state index >= 15 is 0 Å². The first-order valence-electron chi connectivity index (χ1n) is 10.0. The van der Waals surface area contributed by atoms with Crippen LogP contribution in [0.2, 0.25) is 0 Å². The SMILES string of the molecule is Cc1ccc(C2C3C(=O)N(c4ccc(C)c(C)c4)C(=O)C3N3CCCN23)cc1. The molecule has 0 spiro atoms. The molecule has 144 valence electrons. The molecule has 3 unspecified atom stereocenters. The number of hydrogen-bond donors (Lipinski definition) is 0. The molecule has 3 aliphatic rings. The van der Waals surface area contributed by atoms with Gasteiger partial charge in [-0.1, -0.05) is 35.9 Å². The van der Waals surface area contributed by atoms with E-state index in [-0.39, 0.29) is 29.8 Å². The minimum absolute atomic E-state index is 0.0684. The zero-order chi connectivity index (χ0) is 19.6. The zero-order valence-corrected chi connectivity index (χ0v) is 16.6. The number of hydrazine groups is 1. The first-order chi connectivity index (χ1) is 13.5. The Bertz CT molecular complexity index is 968. The second-order valence-corrected chi connectivity index (χ2v) is 8.29. The lowest BCUT2D eigenvalue weighted by Crippen LogP contribution is -2.44. The van der Waals surface area contributed by atoms with E-state index in [9.17, 15) is 9.59 Å². The summed E-state index contributed by atoms with van der Waals surface area (Å²) in [5.74, 6) is -0.505. The van der Waals surface area contributed by atoms with Crippen LogP contribution >= 0.6 is 0 Å². The fraction of sp³-hybridized carbons (Fsp3) is 0.391. The van der Waals surface area contributed by atoms with Crippen molar-refractivity contribution < 1.29 is 9.59 Å². The number of hydrogen-bond acceptors (Lipinski definition) is 4. The molecule has 3 saturated heterocycles. The molecule has 0 aliphatic carbocycles. The van der Waals surface area contributed by atoms with Gasteiger partial charge in [0.1, 0.15) is 6.04 Å². The largest absolute Gasteiger partial charge is 0.274 e. The van der Waals surface area contributed by atoms with Crippen molar-refractivity contribution in [2.75, 3.05) is 18.0 Å². The van der Waals surface area contributed by atoms with Crippen molar-refractivity contribution in [2.24, 2.45) is 5.92 Å². The van der Waals surface area contributed by atoms with Gasteiger partial charge in [0.05, 0.1) is 17.6 Å². The van der Waals surface area contributed by atoms with Crippen LogP contribution in [-0.2, 0) is 9.59 Å². The summed E-state index contributed by atoms with van der Waals surface area (Å²) in [5.41, 5.74) is 5.26. The summed E-state index contributed by atoms with van der Waals surface area (Å²) in [5, 5.41) is 4.41. The summed E-state index contributed by atoms with van der Waals surface area (Å²) >= 11 is 0. The van der Waals surface area contributed by atoms with Gasteiger partial charge in [-0.25, -0.2) is 14.9 Å². The van der Waals surface area contributed by atoms with Crippen molar-refractivity contribution >= 4 is 17.5 Å². The highest BCUT2D eigenvalue weighted by Crippen LogP contribution is 2.48. The molecule has 3 heterocycles. The molecule has 3 atom stereocenters. The fourth-order valence-corrected chi connectivity index (χ4v) is 5.00. The number of fused-ring (bicyclic) bond motifs is 3. The Kier molecular flexibility index (Phi) is 3.93. The van der Waals surface area contributed by atoms with Crippen molar-refractivity contribution in [3.8, 4) is 0 Å². The third-order valence-electron chi connectivity index (χ3n) is 6.57. The Morgan fingerprint density at radius 1 is 0.786 bits per heavy atom. The lowest BCUT2D eigenvalue weighted by Gasteiger charge is -2.30. The molecule has 3 aliphatic heterocycles. The number of benzene rings is 2. The van der Waals surface area contributed by atoms with Crippen LogP contribution in [0.15, 0.2) is 42.5 Å². The topological polar surface area (TPSA) is 43.9 Å². The lowest BCUT2D eigenvalue weighted by molar-refractivity contribution is -0.126. The van der Waals surface area contributed by atoms with Gasteiger partial charge in [0.25, 0.3) is 5.91 Å². The van der Waals surface area contributed by atoms with Crippen molar-refractivity contribution in [3.63, 3.8) is 0 Å². The lowest BCUT2D eigenvalue weighted by atomic mass is 9.89. The van der Waals surface area contributed by atoms with Gasteiger partial charge in [-0.2, -0.15) is 0 Å². The second-order valence-electron chi connectivity index (χ2n) is 8.29. The molecule has 5 rings (SSSR count). The van der Waals surface area contributed by atoms with E-state index in [1.165, 1.54) is 10.5 Å². The average Bonchev–Trinajstić information content (AvgIpc) is 3.31. The number of carbonyl (C=O) groups excluding carboxylic acids is 2. The monoisotopic (exact) mass is 375 g/mol. The highest BCUT2D eigenvalue weighted by Gasteiger charge is 2.62. The quantitative estimate of drug-likeness (QED) is 0.757. The zero-order valence-electron chi connectivity index (χ0n) is 16.6. The van der Waals surface area contributed by atoms with E-state index in [1.54, 1.807) is 0 Å².